The van der Waals surface area contributed by atoms with Crippen LogP contribution in [0.3, 0.4) is 0 Å². The lowest BCUT2D eigenvalue weighted by molar-refractivity contribution is -0.133. The highest BCUT2D eigenvalue weighted by Gasteiger charge is 2.32. The van der Waals surface area contributed by atoms with Crippen LogP contribution in [0.5, 0.6) is 5.75 Å². The monoisotopic (exact) mass is 323 g/mol. The molecule has 0 saturated carbocycles. The van der Waals surface area contributed by atoms with Gasteiger partial charge in [-0.25, -0.2) is 8.42 Å². The third-order valence-electron chi connectivity index (χ3n) is 4.58. The van der Waals surface area contributed by atoms with Gasteiger partial charge in [-0.3, -0.25) is 4.79 Å². The maximum Gasteiger partial charge on any atom is 0.260 e. The Bertz CT molecular complexity index is 683. The number of hydrogen-bond donors (Lipinski definition) is 0. The Labute approximate surface area is 131 Å². The molecule has 3 rings (SSSR count). The molecule has 1 saturated heterocycles. The predicted octanol–water partition coefficient (Wildman–Crippen LogP) is 1.20. The van der Waals surface area contributed by atoms with Crippen molar-refractivity contribution in [3.05, 3.63) is 29.3 Å². The molecule has 1 heterocycles. The third kappa shape index (κ3) is 3.27. The zero-order valence-electron chi connectivity index (χ0n) is 12.7. The van der Waals surface area contributed by atoms with Gasteiger partial charge in [0.15, 0.2) is 16.4 Å². The van der Waals surface area contributed by atoms with E-state index in [9.17, 15) is 13.2 Å². The highest BCUT2D eigenvalue weighted by molar-refractivity contribution is 7.91. The second kappa shape index (κ2) is 5.91. The zero-order valence-corrected chi connectivity index (χ0v) is 13.6. The smallest absolute Gasteiger partial charge is 0.260 e. The lowest BCUT2D eigenvalue weighted by Gasteiger charge is -2.23. The highest BCUT2D eigenvalue weighted by atomic mass is 32.2. The van der Waals surface area contributed by atoms with E-state index < -0.39 is 9.84 Å². The first-order valence-electron chi connectivity index (χ1n) is 7.65. The summed E-state index contributed by atoms with van der Waals surface area (Å²) in [7, 11) is -1.33. The minimum Gasteiger partial charge on any atom is -0.484 e. The molecule has 0 aromatic heterocycles. The molecule has 0 spiro atoms. The van der Waals surface area contributed by atoms with E-state index in [2.05, 4.69) is 6.07 Å². The molecule has 0 radical (unpaired) electrons. The van der Waals surface area contributed by atoms with Crippen molar-refractivity contribution in [1.29, 1.82) is 0 Å². The molecule has 120 valence electrons. The number of ether oxygens (including phenoxy) is 1. The average molecular weight is 323 g/mol. The Hall–Kier alpha value is -1.56. The molecule has 1 aromatic carbocycles. The molecule has 1 aromatic rings. The summed E-state index contributed by atoms with van der Waals surface area (Å²) in [6, 6.07) is 5.75. The summed E-state index contributed by atoms with van der Waals surface area (Å²) >= 11 is 0. The molecule has 6 heteroatoms. The van der Waals surface area contributed by atoms with Crippen LogP contribution in [0.25, 0.3) is 0 Å². The largest absolute Gasteiger partial charge is 0.484 e. The number of aryl methyl sites for hydroxylation is 2. The van der Waals surface area contributed by atoms with Crippen LogP contribution in [0, 0.1) is 0 Å². The van der Waals surface area contributed by atoms with E-state index in [4.69, 9.17) is 4.74 Å². The number of rotatable bonds is 4. The topological polar surface area (TPSA) is 63.7 Å². The van der Waals surface area contributed by atoms with Gasteiger partial charge in [-0.15, -0.1) is 0 Å². The molecule has 1 aliphatic carbocycles. The van der Waals surface area contributed by atoms with Gasteiger partial charge in [0.2, 0.25) is 0 Å². The van der Waals surface area contributed by atoms with Gasteiger partial charge in [-0.2, -0.15) is 0 Å². The SMILES string of the molecule is CN(C(=O)COc1ccc2c(c1)CCC2)[C@H]1CCS(=O)(=O)C1. The van der Waals surface area contributed by atoms with Gasteiger partial charge < -0.3 is 9.64 Å². The molecular formula is C16H21NO4S. The number of fused-ring (bicyclic) bond motifs is 1. The lowest BCUT2D eigenvalue weighted by Crippen LogP contribution is -2.40. The number of hydrogen-bond acceptors (Lipinski definition) is 4. The Balaban J connectivity index is 1.56. The Kier molecular flexibility index (Phi) is 4.12. The minimum atomic E-state index is -2.98. The van der Waals surface area contributed by atoms with Crippen LogP contribution in [0.1, 0.15) is 24.0 Å². The third-order valence-corrected chi connectivity index (χ3v) is 6.33. The summed E-state index contributed by atoms with van der Waals surface area (Å²) in [5, 5.41) is 0. The molecule has 0 N–H and O–H groups in total. The molecule has 1 fully saturated rings. The number of benzene rings is 1. The van der Waals surface area contributed by atoms with Crippen LogP contribution in [0.15, 0.2) is 18.2 Å². The molecule has 2 aliphatic rings. The molecule has 1 atom stereocenters. The van der Waals surface area contributed by atoms with Crippen molar-refractivity contribution >= 4 is 15.7 Å². The van der Waals surface area contributed by atoms with Crippen LogP contribution in [-0.4, -0.2) is 50.4 Å². The van der Waals surface area contributed by atoms with E-state index in [-0.39, 0.29) is 30.1 Å². The number of likely N-dealkylation sites (N-methyl/N-ethyl adjacent to an activating group) is 1. The van der Waals surface area contributed by atoms with E-state index in [1.54, 1.807) is 7.05 Å². The summed E-state index contributed by atoms with van der Waals surface area (Å²) < 4.78 is 28.6. The molecule has 5 nitrogen and oxygen atoms in total. The van der Waals surface area contributed by atoms with E-state index in [0.29, 0.717) is 12.2 Å². The molecular weight excluding hydrogens is 302 g/mol. The fourth-order valence-electron chi connectivity index (χ4n) is 3.17. The van der Waals surface area contributed by atoms with Gasteiger partial charge >= 0.3 is 0 Å². The fraction of sp³-hybridized carbons (Fsp3) is 0.562. The van der Waals surface area contributed by atoms with Gasteiger partial charge in [0.25, 0.3) is 5.91 Å². The Morgan fingerprint density at radius 1 is 1.32 bits per heavy atom. The van der Waals surface area contributed by atoms with Gasteiger partial charge in [0.05, 0.1) is 11.5 Å². The first-order chi connectivity index (χ1) is 10.4. The van der Waals surface area contributed by atoms with Crippen molar-refractivity contribution in [3.63, 3.8) is 0 Å². The van der Waals surface area contributed by atoms with Gasteiger partial charge in [-0.1, -0.05) is 6.07 Å². The number of amides is 1. The van der Waals surface area contributed by atoms with Crippen molar-refractivity contribution in [1.82, 2.24) is 4.90 Å². The maximum atomic E-state index is 12.2. The van der Waals surface area contributed by atoms with Crippen LogP contribution in [0.2, 0.25) is 0 Å². The van der Waals surface area contributed by atoms with E-state index in [1.165, 1.54) is 22.4 Å². The van der Waals surface area contributed by atoms with Crippen LogP contribution >= 0.6 is 0 Å². The molecule has 0 bridgehead atoms. The number of nitrogens with zero attached hydrogens (tertiary/aromatic N) is 1. The minimum absolute atomic E-state index is 0.0498. The zero-order chi connectivity index (χ0) is 15.7. The summed E-state index contributed by atoms with van der Waals surface area (Å²) in [6.45, 7) is -0.0498. The molecule has 22 heavy (non-hydrogen) atoms. The summed E-state index contributed by atoms with van der Waals surface area (Å²) in [4.78, 5) is 13.7. The van der Waals surface area contributed by atoms with Crippen LogP contribution in [0.4, 0.5) is 0 Å². The van der Waals surface area contributed by atoms with Gasteiger partial charge in [-0.05, 0) is 48.9 Å². The standard InChI is InChI=1S/C16H21NO4S/c1-17(14-7-8-22(19,20)11-14)16(18)10-21-15-6-5-12-3-2-4-13(12)9-15/h5-6,9,14H,2-4,7-8,10-11H2,1H3/t14-/m0/s1. The van der Waals surface area contributed by atoms with Gasteiger partial charge in [0.1, 0.15) is 5.75 Å². The second-order valence-electron chi connectivity index (χ2n) is 6.13. The summed E-state index contributed by atoms with van der Waals surface area (Å²) in [5.41, 5.74) is 2.67. The highest BCUT2D eigenvalue weighted by Crippen LogP contribution is 2.26. The van der Waals surface area contributed by atoms with Crippen molar-refractivity contribution in [2.45, 2.75) is 31.7 Å². The number of carbonyl (C=O) groups excluding carboxylic acids is 1. The van der Waals surface area contributed by atoms with Crippen molar-refractivity contribution in [3.8, 4) is 5.75 Å². The summed E-state index contributed by atoms with van der Waals surface area (Å²) in [5.74, 6) is 0.763. The Morgan fingerprint density at radius 3 is 2.82 bits per heavy atom. The average Bonchev–Trinajstić information content (AvgIpc) is 3.09. The molecule has 1 aliphatic heterocycles. The summed E-state index contributed by atoms with van der Waals surface area (Å²) in [6.07, 6.45) is 3.88. The first-order valence-corrected chi connectivity index (χ1v) is 9.47. The quantitative estimate of drug-likeness (QED) is 0.835. The molecule has 0 unspecified atom stereocenters. The van der Waals surface area contributed by atoms with Crippen LogP contribution in [-0.2, 0) is 27.5 Å². The van der Waals surface area contributed by atoms with E-state index in [0.717, 1.165) is 12.8 Å². The predicted molar refractivity (Wildman–Crippen MR) is 83.8 cm³/mol. The van der Waals surface area contributed by atoms with Crippen molar-refractivity contribution < 1.29 is 17.9 Å². The van der Waals surface area contributed by atoms with E-state index in [1.807, 2.05) is 12.1 Å². The van der Waals surface area contributed by atoms with Crippen molar-refractivity contribution in [2.75, 3.05) is 25.2 Å². The number of sulfone groups is 1. The second-order valence-corrected chi connectivity index (χ2v) is 8.36. The number of carbonyl (C=O) groups is 1. The molecule has 1 amide bonds. The fourth-order valence-corrected chi connectivity index (χ4v) is 4.94. The van der Waals surface area contributed by atoms with E-state index >= 15 is 0 Å². The van der Waals surface area contributed by atoms with Gasteiger partial charge in [0, 0.05) is 13.1 Å². The normalized spacial score (nSPS) is 22.3. The lowest BCUT2D eigenvalue weighted by atomic mass is 10.1. The van der Waals surface area contributed by atoms with Crippen molar-refractivity contribution in [2.24, 2.45) is 0 Å². The first kappa shape index (κ1) is 15.3. The maximum absolute atomic E-state index is 12.2. The Morgan fingerprint density at radius 2 is 2.09 bits per heavy atom. The van der Waals surface area contributed by atoms with Crippen LogP contribution < -0.4 is 4.74 Å².